The summed E-state index contributed by atoms with van der Waals surface area (Å²) in [5, 5.41) is 0. The molecule has 0 aliphatic carbocycles. The van der Waals surface area contributed by atoms with Crippen LogP contribution in [0.5, 0.6) is 0 Å². The van der Waals surface area contributed by atoms with Gasteiger partial charge in [-0.1, -0.05) is 66.2 Å². The Morgan fingerprint density at radius 1 is 0.429 bits per heavy atom. The van der Waals surface area contributed by atoms with E-state index in [1.807, 2.05) is 0 Å². The molecule has 0 N–H and O–H groups in total. The molecule has 0 heterocycles. The molecular weight excluding hydrogens is 336 g/mol. The lowest BCUT2D eigenvalue weighted by Crippen LogP contribution is -2.12. The van der Waals surface area contributed by atoms with E-state index < -0.39 is 0 Å². The van der Waals surface area contributed by atoms with Gasteiger partial charge in [-0.25, -0.2) is 0 Å². The van der Waals surface area contributed by atoms with Crippen LogP contribution in [0.4, 0.5) is 0 Å². The number of hydrogen-bond donors (Lipinski definition) is 0. The highest BCUT2D eigenvalue weighted by Gasteiger charge is 2.19. The first-order valence-corrected chi connectivity index (χ1v) is 11.8. The maximum atomic E-state index is 3.50. The largest absolute Gasteiger partial charge is 0.103 e. The molecule has 0 heteroatoms. The van der Waals surface area contributed by atoms with Gasteiger partial charge < -0.3 is 0 Å². The van der Waals surface area contributed by atoms with Crippen LogP contribution in [0.1, 0.15) is 113 Å². The summed E-state index contributed by atoms with van der Waals surface area (Å²) < 4.78 is 0. The minimum atomic E-state index is 0.892. The molecule has 1 rings (SSSR count). The zero-order valence-corrected chi connectivity index (χ0v) is 19.5. The summed E-state index contributed by atoms with van der Waals surface area (Å²) in [6.07, 6.45) is 13.1. The Labute approximate surface area is 175 Å². The minimum absolute atomic E-state index is 0.892. The summed E-state index contributed by atoms with van der Waals surface area (Å²) in [6, 6.07) is 0. The Kier molecular flexibility index (Phi) is 12.5. The normalized spacial score (nSPS) is 10.2. The Morgan fingerprint density at radius 3 is 1.04 bits per heavy atom. The maximum absolute atomic E-state index is 3.50. The molecule has 0 aromatic heterocycles. The highest BCUT2D eigenvalue weighted by molar-refractivity contribution is 5.54. The summed E-state index contributed by atoms with van der Waals surface area (Å²) >= 11 is 0. The highest BCUT2D eigenvalue weighted by atomic mass is 14.2. The third-order valence-electron chi connectivity index (χ3n) is 5.69. The topological polar surface area (TPSA) is 0 Å². The van der Waals surface area contributed by atoms with E-state index in [4.69, 9.17) is 0 Å². The number of benzene rings is 1. The quantitative estimate of drug-likeness (QED) is 0.294. The van der Waals surface area contributed by atoms with Crippen molar-refractivity contribution < 1.29 is 0 Å². The lowest BCUT2D eigenvalue weighted by Gasteiger charge is -2.24. The Bertz CT molecular complexity index is 650. The average Bonchev–Trinajstić information content (AvgIpc) is 2.72. The van der Waals surface area contributed by atoms with E-state index in [1.54, 1.807) is 22.3 Å². The van der Waals surface area contributed by atoms with Crippen LogP contribution in [0.25, 0.3) is 0 Å². The van der Waals surface area contributed by atoms with Crippen LogP contribution < -0.4 is 0 Å². The maximum Gasteiger partial charge on any atom is 0.0346 e. The van der Waals surface area contributed by atoms with E-state index in [-0.39, 0.29) is 0 Å². The van der Waals surface area contributed by atoms with E-state index in [0.717, 1.165) is 51.4 Å². The van der Waals surface area contributed by atoms with Gasteiger partial charge >= 0.3 is 0 Å². The van der Waals surface area contributed by atoms with Gasteiger partial charge in [0.25, 0.3) is 0 Å². The first kappa shape index (κ1) is 24.4. The van der Waals surface area contributed by atoms with Crippen molar-refractivity contribution in [1.82, 2.24) is 0 Å². The SMILES string of the molecule is CCCCC#CCc1c(CC)c(CC)c(CC)c(CC)c1CC#CCCCC. The summed E-state index contributed by atoms with van der Waals surface area (Å²) in [6.45, 7) is 13.7. The summed E-state index contributed by atoms with van der Waals surface area (Å²) in [5.74, 6) is 13.8. The Hall–Kier alpha value is -1.66. The van der Waals surface area contributed by atoms with E-state index >= 15 is 0 Å². The minimum Gasteiger partial charge on any atom is -0.103 e. The van der Waals surface area contributed by atoms with Crippen LogP contribution in [0.15, 0.2) is 0 Å². The predicted molar refractivity (Wildman–Crippen MR) is 126 cm³/mol. The van der Waals surface area contributed by atoms with Gasteiger partial charge in [0.2, 0.25) is 0 Å². The molecule has 28 heavy (non-hydrogen) atoms. The fourth-order valence-electron chi connectivity index (χ4n) is 4.24. The van der Waals surface area contributed by atoms with Crippen molar-refractivity contribution in [3.63, 3.8) is 0 Å². The zero-order chi connectivity index (χ0) is 20.8. The van der Waals surface area contributed by atoms with Crippen LogP contribution in [-0.2, 0) is 38.5 Å². The second-order valence-corrected chi connectivity index (χ2v) is 7.55. The number of unbranched alkanes of at least 4 members (excludes halogenated alkanes) is 4. The third-order valence-corrected chi connectivity index (χ3v) is 5.69. The Morgan fingerprint density at radius 2 is 0.750 bits per heavy atom. The predicted octanol–water partition coefficient (Wildman–Crippen LogP) is 7.41. The summed E-state index contributed by atoms with van der Waals surface area (Å²) in [7, 11) is 0. The van der Waals surface area contributed by atoms with E-state index in [9.17, 15) is 0 Å². The van der Waals surface area contributed by atoms with Gasteiger partial charge in [0, 0.05) is 25.7 Å². The highest BCUT2D eigenvalue weighted by Crippen LogP contribution is 2.31. The van der Waals surface area contributed by atoms with E-state index in [0.29, 0.717) is 0 Å². The van der Waals surface area contributed by atoms with Crippen molar-refractivity contribution in [2.45, 2.75) is 119 Å². The molecule has 0 aliphatic rings. The molecule has 0 fully saturated rings. The molecule has 0 atom stereocenters. The van der Waals surface area contributed by atoms with Gasteiger partial charge in [-0.3, -0.25) is 0 Å². The first-order valence-electron chi connectivity index (χ1n) is 11.8. The molecule has 0 aliphatic heterocycles. The second-order valence-electron chi connectivity index (χ2n) is 7.55. The lowest BCUT2D eigenvalue weighted by atomic mass is 9.80. The van der Waals surface area contributed by atoms with E-state index in [2.05, 4.69) is 65.2 Å². The molecule has 0 saturated heterocycles. The van der Waals surface area contributed by atoms with E-state index in [1.165, 1.54) is 36.8 Å². The molecule has 0 unspecified atom stereocenters. The molecule has 154 valence electrons. The van der Waals surface area contributed by atoms with Crippen molar-refractivity contribution in [1.29, 1.82) is 0 Å². The van der Waals surface area contributed by atoms with Crippen LogP contribution in [0.2, 0.25) is 0 Å². The monoisotopic (exact) mass is 378 g/mol. The standard InChI is InChI=1S/C28H42/c1-7-13-15-17-19-21-27-25(11-5)23(9-3)24(10-4)26(12-6)28(27)22-20-18-16-14-8-2/h7-16,21-22H2,1-6H3. The fourth-order valence-corrected chi connectivity index (χ4v) is 4.24. The van der Waals surface area contributed by atoms with Crippen molar-refractivity contribution >= 4 is 0 Å². The summed E-state index contributed by atoms with van der Waals surface area (Å²) in [5.41, 5.74) is 9.31. The van der Waals surface area contributed by atoms with Gasteiger partial charge in [0.05, 0.1) is 0 Å². The first-order chi connectivity index (χ1) is 13.7. The second kappa shape index (κ2) is 14.4. The molecule has 0 spiro atoms. The molecule has 0 amide bonds. The molecule has 1 aromatic carbocycles. The van der Waals surface area contributed by atoms with Crippen molar-refractivity contribution in [2.75, 3.05) is 0 Å². The van der Waals surface area contributed by atoms with Crippen LogP contribution in [0.3, 0.4) is 0 Å². The summed E-state index contributed by atoms with van der Waals surface area (Å²) in [4.78, 5) is 0. The van der Waals surface area contributed by atoms with Crippen LogP contribution in [-0.4, -0.2) is 0 Å². The molecule has 0 radical (unpaired) electrons. The molecular formula is C28H42. The average molecular weight is 379 g/mol. The zero-order valence-electron chi connectivity index (χ0n) is 19.5. The van der Waals surface area contributed by atoms with Gasteiger partial charge in [-0.2, -0.15) is 0 Å². The van der Waals surface area contributed by atoms with Crippen molar-refractivity contribution in [3.8, 4) is 23.7 Å². The van der Waals surface area contributed by atoms with Gasteiger partial charge in [0.15, 0.2) is 0 Å². The number of hydrogen-bond acceptors (Lipinski definition) is 0. The van der Waals surface area contributed by atoms with Crippen LogP contribution >= 0.6 is 0 Å². The fraction of sp³-hybridized carbons (Fsp3) is 0.643. The van der Waals surface area contributed by atoms with Gasteiger partial charge in [0.1, 0.15) is 0 Å². The molecule has 0 nitrogen and oxygen atoms in total. The van der Waals surface area contributed by atoms with Crippen molar-refractivity contribution in [3.05, 3.63) is 33.4 Å². The molecule has 0 bridgehead atoms. The molecule has 1 aromatic rings. The third kappa shape index (κ3) is 6.74. The smallest absolute Gasteiger partial charge is 0.0346 e. The van der Waals surface area contributed by atoms with Crippen molar-refractivity contribution in [2.24, 2.45) is 0 Å². The van der Waals surface area contributed by atoms with Gasteiger partial charge in [-0.15, -0.1) is 11.8 Å². The lowest BCUT2D eigenvalue weighted by molar-refractivity contribution is 0.827. The molecule has 0 saturated carbocycles. The Balaban J connectivity index is 3.45. The number of rotatable bonds is 10. The van der Waals surface area contributed by atoms with Gasteiger partial charge in [-0.05, 0) is 71.9 Å². The van der Waals surface area contributed by atoms with Crippen LogP contribution in [0, 0.1) is 23.7 Å².